The van der Waals surface area contributed by atoms with E-state index in [-0.39, 0.29) is 0 Å². The number of allylic oxidation sites excluding steroid dienone is 4. The van der Waals surface area contributed by atoms with E-state index in [0.717, 1.165) is 28.1 Å². The molecule has 0 unspecified atom stereocenters. The molecule has 1 aliphatic heterocycles. The van der Waals surface area contributed by atoms with Crippen molar-refractivity contribution in [2.24, 2.45) is 11.5 Å². The van der Waals surface area contributed by atoms with Gasteiger partial charge in [0.2, 0.25) is 0 Å². The van der Waals surface area contributed by atoms with Crippen molar-refractivity contribution >= 4 is 54.4 Å². The second-order valence-corrected chi connectivity index (χ2v) is 12.7. The molecule has 5 aromatic rings. The molecule has 4 nitrogen and oxygen atoms in total. The molecule has 0 saturated heterocycles. The molecule has 0 amide bonds. The topological polar surface area (TPSA) is 61.9 Å². The molecule has 0 radical (unpaired) electrons. The Kier molecular flexibility index (Phi) is 7.27. The van der Waals surface area contributed by atoms with E-state index in [0.29, 0.717) is 0 Å². The van der Waals surface area contributed by atoms with E-state index in [9.17, 15) is 0 Å². The SMILES string of the molecule is C/C=C(\N)c1ccccc1.C/C=C(\N)n1c2cccc(ccc3c(C)c1cc1ccn(S4(C)C=CC=C4)c13)c2. The van der Waals surface area contributed by atoms with Gasteiger partial charge in [0.1, 0.15) is 5.82 Å². The van der Waals surface area contributed by atoms with E-state index >= 15 is 0 Å². The van der Waals surface area contributed by atoms with Gasteiger partial charge in [-0.2, -0.15) is 0 Å². The van der Waals surface area contributed by atoms with Gasteiger partial charge >= 0.3 is 0 Å². The van der Waals surface area contributed by atoms with Crippen LogP contribution in [0.1, 0.15) is 25.0 Å². The van der Waals surface area contributed by atoms with Gasteiger partial charge in [-0.3, -0.25) is 4.57 Å². The smallest absolute Gasteiger partial charge is 0.103 e. The van der Waals surface area contributed by atoms with Gasteiger partial charge in [0.05, 0.1) is 11.0 Å². The standard InChI is InChI=1S/C25H25N3S.C9H11N/c1-4-24(26)28-21-9-7-8-19(16-21)10-11-22-18(2)23(28)17-20-12-13-27(25(20)22)29(3)14-5-6-15-29;1-2-9(10)8-6-4-3-5-7-8/h4-17H,26H2,1-3H3;2-7H,10H2,1H3/b11-10?,24-4+;9-2-. The number of rotatable bonds is 3. The van der Waals surface area contributed by atoms with Crippen LogP contribution < -0.4 is 11.5 Å². The zero-order chi connectivity index (χ0) is 27.6. The Labute approximate surface area is 232 Å². The van der Waals surface area contributed by atoms with Gasteiger partial charge in [-0.1, -0.05) is 72.8 Å². The minimum Gasteiger partial charge on any atom is -0.399 e. The maximum Gasteiger partial charge on any atom is 0.103 e. The first-order valence-electron chi connectivity index (χ1n) is 13.1. The zero-order valence-electron chi connectivity index (χ0n) is 23.0. The van der Waals surface area contributed by atoms with Gasteiger partial charge in [0, 0.05) is 28.2 Å². The molecule has 0 atom stereocenters. The molecule has 4 N–H and O–H groups in total. The molecule has 0 spiro atoms. The maximum atomic E-state index is 6.49. The minimum atomic E-state index is -1.15. The van der Waals surface area contributed by atoms with Crippen LogP contribution in [0.3, 0.4) is 0 Å². The van der Waals surface area contributed by atoms with Gasteiger partial charge in [-0.25, -0.2) is 0 Å². The van der Waals surface area contributed by atoms with Gasteiger partial charge in [-0.05, 0) is 84.7 Å². The van der Waals surface area contributed by atoms with E-state index < -0.39 is 10.2 Å². The zero-order valence-corrected chi connectivity index (χ0v) is 23.8. The van der Waals surface area contributed by atoms with Crippen molar-refractivity contribution in [3.63, 3.8) is 0 Å². The monoisotopic (exact) mass is 532 g/mol. The quantitative estimate of drug-likeness (QED) is 0.244. The van der Waals surface area contributed by atoms with Crippen LogP contribution >= 0.6 is 10.2 Å². The summed E-state index contributed by atoms with van der Waals surface area (Å²) in [5.74, 6) is 0.733. The minimum absolute atomic E-state index is 0.733. The lowest BCUT2D eigenvalue weighted by Crippen LogP contribution is -2.08. The number of nitrogens with zero attached hydrogens (tertiary/aromatic N) is 2. The number of aromatic nitrogens is 2. The van der Waals surface area contributed by atoms with Crippen LogP contribution in [0.25, 0.3) is 44.2 Å². The molecule has 4 bridgehead atoms. The summed E-state index contributed by atoms with van der Waals surface area (Å²) in [6.07, 6.45) is 12.7. The molecule has 198 valence electrons. The summed E-state index contributed by atoms with van der Waals surface area (Å²) >= 11 is 0. The number of hydrogen-bond acceptors (Lipinski definition) is 2. The Hall–Kier alpha value is -4.35. The van der Waals surface area contributed by atoms with Crippen LogP contribution in [0, 0.1) is 6.92 Å². The first kappa shape index (κ1) is 26.3. The number of hydrogen-bond donors (Lipinski definition) is 2. The molecule has 3 aromatic carbocycles. The predicted molar refractivity (Wildman–Crippen MR) is 174 cm³/mol. The van der Waals surface area contributed by atoms with Crippen molar-refractivity contribution in [1.29, 1.82) is 0 Å². The molecule has 1 aliphatic rings. The summed E-state index contributed by atoms with van der Waals surface area (Å²) < 4.78 is 4.62. The van der Waals surface area contributed by atoms with Gasteiger partial charge < -0.3 is 15.4 Å². The summed E-state index contributed by atoms with van der Waals surface area (Å²) in [4.78, 5) is 0. The summed E-state index contributed by atoms with van der Waals surface area (Å²) in [7, 11) is -1.15. The summed E-state index contributed by atoms with van der Waals surface area (Å²) in [6, 6.07) is 27.4. The number of benzene rings is 3. The van der Waals surface area contributed by atoms with Crippen LogP contribution in [0.4, 0.5) is 0 Å². The van der Waals surface area contributed by atoms with Crippen LogP contribution in [0.5, 0.6) is 0 Å². The summed E-state index contributed by atoms with van der Waals surface area (Å²) in [5.41, 5.74) is 18.8. The molecule has 0 saturated carbocycles. The fraction of sp³-hybridized carbons (Fsp3) is 0.118. The normalized spacial score (nSPS) is 15.5. The Morgan fingerprint density at radius 1 is 0.821 bits per heavy atom. The third kappa shape index (κ3) is 4.93. The fourth-order valence-corrected chi connectivity index (χ4v) is 7.13. The number of nitrogens with two attached hydrogens (primary N) is 2. The number of aryl methyl sites for hydroxylation is 1. The van der Waals surface area contributed by atoms with Gasteiger partial charge in [-0.15, -0.1) is 10.2 Å². The molecule has 5 heteroatoms. The first-order chi connectivity index (χ1) is 18.9. The summed E-state index contributed by atoms with van der Waals surface area (Å²) in [5, 5.41) is 8.31. The highest BCUT2D eigenvalue weighted by molar-refractivity contribution is 8.36. The lowest BCUT2D eigenvalue weighted by atomic mass is 10.1. The highest BCUT2D eigenvalue weighted by Gasteiger charge is 2.20. The average molecular weight is 533 g/mol. The molecular weight excluding hydrogens is 496 g/mol. The van der Waals surface area contributed by atoms with Crippen molar-refractivity contribution in [2.45, 2.75) is 20.8 Å². The van der Waals surface area contributed by atoms with Crippen molar-refractivity contribution in [2.75, 3.05) is 6.26 Å². The van der Waals surface area contributed by atoms with Crippen molar-refractivity contribution < 1.29 is 0 Å². The Balaban J connectivity index is 0.000000261. The van der Waals surface area contributed by atoms with E-state index in [4.69, 9.17) is 11.5 Å². The predicted octanol–water partition coefficient (Wildman–Crippen LogP) is 8.64. The fourth-order valence-electron chi connectivity index (χ4n) is 5.04. The summed E-state index contributed by atoms with van der Waals surface area (Å²) in [6.45, 7) is 6.12. The van der Waals surface area contributed by atoms with E-state index in [1.54, 1.807) is 0 Å². The second kappa shape index (κ2) is 10.8. The van der Waals surface area contributed by atoms with Crippen molar-refractivity contribution in [1.82, 2.24) is 8.54 Å². The van der Waals surface area contributed by atoms with Crippen LogP contribution in [-0.2, 0) is 0 Å². The second-order valence-electron chi connectivity index (χ2n) is 9.76. The molecular formula is C34H36N4S. The van der Waals surface area contributed by atoms with E-state index in [1.165, 1.54) is 27.2 Å². The Morgan fingerprint density at radius 3 is 2.26 bits per heavy atom. The molecule has 39 heavy (non-hydrogen) atoms. The first-order valence-corrected chi connectivity index (χ1v) is 15.2. The molecule has 0 fully saturated rings. The van der Waals surface area contributed by atoms with Crippen LogP contribution in [0.15, 0.2) is 120 Å². The largest absolute Gasteiger partial charge is 0.399 e. The molecule has 2 aromatic heterocycles. The Bertz CT molecular complexity index is 1800. The maximum absolute atomic E-state index is 6.49. The molecule has 0 aliphatic carbocycles. The van der Waals surface area contributed by atoms with E-state index in [2.05, 4.69) is 99.4 Å². The van der Waals surface area contributed by atoms with Crippen molar-refractivity contribution in [3.8, 4) is 0 Å². The highest BCUT2D eigenvalue weighted by Crippen LogP contribution is 2.54. The third-order valence-corrected chi connectivity index (χ3v) is 9.81. The third-order valence-electron chi connectivity index (χ3n) is 7.25. The molecule has 3 heterocycles. The Morgan fingerprint density at radius 2 is 1.56 bits per heavy atom. The lowest BCUT2D eigenvalue weighted by Gasteiger charge is -2.30. The molecule has 6 rings (SSSR count). The highest BCUT2D eigenvalue weighted by atomic mass is 32.3. The average Bonchev–Trinajstić information content (AvgIpc) is 3.60. The lowest BCUT2D eigenvalue weighted by molar-refractivity contribution is 1.14. The van der Waals surface area contributed by atoms with Crippen LogP contribution in [-0.4, -0.2) is 14.8 Å². The van der Waals surface area contributed by atoms with Gasteiger partial charge in [0.25, 0.3) is 0 Å². The van der Waals surface area contributed by atoms with Gasteiger partial charge in [0.15, 0.2) is 0 Å². The van der Waals surface area contributed by atoms with E-state index in [1.807, 2.05) is 56.3 Å². The number of fused-ring (bicyclic) bond motifs is 6. The van der Waals surface area contributed by atoms with Crippen molar-refractivity contribution in [3.05, 3.63) is 131 Å². The van der Waals surface area contributed by atoms with Crippen LogP contribution in [0.2, 0.25) is 0 Å².